The van der Waals surface area contributed by atoms with Gasteiger partial charge in [0.25, 0.3) is 5.92 Å². The number of pyridine rings is 1. The zero-order chi connectivity index (χ0) is 23.5. The van der Waals surface area contributed by atoms with Gasteiger partial charge in [0.15, 0.2) is 0 Å². The van der Waals surface area contributed by atoms with E-state index in [4.69, 9.17) is 0 Å². The number of amides is 1. The third-order valence-electron chi connectivity index (χ3n) is 6.69. The molecule has 1 amide bonds. The lowest BCUT2D eigenvalue weighted by molar-refractivity contribution is -0.123. The van der Waals surface area contributed by atoms with Gasteiger partial charge < -0.3 is 15.3 Å². The number of phenolic OH excluding ortho intramolecular Hbond substituents is 1. The van der Waals surface area contributed by atoms with Crippen molar-refractivity contribution >= 4 is 5.91 Å². The van der Waals surface area contributed by atoms with Gasteiger partial charge in [0.1, 0.15) is 5.75 Å². The number of aryl methyl sites for hydroxylation is 1. The molecule has 5 nitrogen and oxygen atoms in total. The number of nitrogens with one attached hydrogen (secondary N) is 1. The second-order valence-corrected chi connectivity index (χ2v) is 9.39. The highest BCUT2D eigenvalue weighted by Gasteiger charge is 2.63. The van der Waals surface area contributed by atoms with Crippen LogP contribution in [0.1, 0.15) is 48.8 Å². The van der Waals surface area contributed by atoms with Crippen LogP contribution in [-0.2, 0) is 11.2 Å². The molecule has 1 saturated carbocycles. The predicted octanol–water partition coefficient (Wildman–Crippen LogP) is 4.29. The number of carbonyl (C=O) groups excluding carboxylic acids is 1. The number of nitrogens with zero attached hydrogens (tertiary/aromatic N) is 2. The molecule has 0 saturated heterocycles. The normalized spacial score (nSPS) is 17.1. The first-order valence-corrected chi connectivity index (χ1v) is 11.0. The number of halogens is 2. The molecule has 7 heteroatoms. The van der Waals surface area contributed by atoms with Crippen LogP contribution < -0.4 is 5.32 Å². The minimum atomic E-state index is -2.87. The minimum Gasteiger partial charge on any atom is -0.508 e. The predicted molar refractivity (Wildman–Crippen MR) is 121 cm³/mol. The molecule has 1 aromatic carbocycles. The Bertz CT molecular complexity index is 922. The number of likely N-dealkylation sites (N-methyl/N-ethyl adjacent to an activating group) is 1. The number of aromatic hydroxyl groups is 1. The monoisotopic (exact) mass is 445 g/mol. The summed E-state index contributed by atoms with van der Waals surface area (Å²) in [7, 11) is 3.88. The molecule has 2 N–H and O–H groups in total. The van der Waals surface area contributed by atoms with Crippen LogP contribution in [0.5, 0.6) is 5.75 Å². The molecular weight excluding hydrogens is 412 g/mol. The highest BCUT2D eigenvalue weighted by Crippen LogP contribution is 2.65. The summed E-state index contributed by atoms with van der Waals surface area (Å²) in [6.45, 7) is 3.25. The summed E-state index contributed by atoms with van der Waals surface area (Å²) in [6, 6.07) is 8.89. The molecule has 32 heavy (non-hydrogen) atoms. The average Bonchev–Trinajstić information content (AvgIpc) is 3.52. The zero-order valence-electron chi connectivity index (χ0n) is 19.2. The number of rotatable bonds is 10. The summed E-state index contributed by atoms with van der Waals surface area (Å²) in [4.78, 5) is 19.1. The Kier molecular flexibility index (Phi) is 7.18. The van der Waals surface area contributed by atoms with Gasteiger partial charge in [-0.05, 0) is 76.0 Å². The van der Waals surface area contributed by atoms with Gasteiger partial charge in [0.2, 0.25) is 5.91 Å². The maximum absolute atomic E-state index is 14.6. The molecule has 1 heterocycles. The molecule has 0 radical (unpaired) electrons. The van der Waals surface area contributed by atoms with Crippen LogP contribution >= 0.6 is 0 Å². The van der Waals surface area contributed by atoms with Gasteiger partial charge in [0.05, 0.1) is 0 Å². The molecule has 0 bridgehead atoms. The van der Waals surface area contributed by atoms with E-state index in [2.05, 4.69) is 10.3 Å². The molecule has 1 fully saturated rings. The first-order valence-electron chi connectivity index (χ1n) is 11.0. The van der Waals surface area contributed by atoms with Crippen molar-refractivity contribution in [2.24, 2.45) is 5.41 Å². The van der Waals surface area contributed by atoms with E-state index in [9.17, 15) is 18.7 Å². The van der Waals surface area contributed by atoms with Crippen LogP contribution in [0.2, 0.25) is 0 Å². The summed E-state index contributed by atoms with van der Waals surface area (Å²) in [5.41, 5.74) is 1.45. The van der Waals surface area contributed by atoms with Crippen molar-refractivity contribution in [3.8, 4) is 5.75 Å². The van der Waals surface area contributed by atoms with Crippen LogP contribution in [0.4, 0.5) is 8.78 Å². The molecule has 0 aliphatic heterocycles. The largest absolute Gasteiger partial charge is 0.508 e. The summed E-state index contributed by atoms with van der Waals surface area (Å²) < 4.78 is 29.1. The molecule has 0 unspecified atom stereocenters. The van der Waals surface area contributed by atoms with E-state index in [0.717, 1.165) is 18.1 Å². The minimum absolute atomic E-state index is 0.00786. The number of hydrogen-bond acceptors (Lipinski definition) is 4. The Morgan fingerprint density at radius 2 is 1.91 bits per heavy atom. The standard InChI is InChI=1S/C25H33F2N3O2/c1-17-11-19(15-28-14-17)22(25(9-10-25)24(2,26)27)13-23(32)29-16-20(30(3)4)12-18-5-7-21(31)8-6-18/h5-8,11,14-15,20,22,31H,9-10,12-13,16H2,1-4H3,(H,29,32)/t20-,22+/m0/s1. The third kappa shape index (κ3) is 5.63. The molecule has 2 atom stereocenters. The van der Waals surface area contributed by atoms with E-state index < -0.39 is 17.3 Å². The lowest BCUT2D eigenvalue weighted by Crippen LogP contribution is -2.43. The Labute approximate surface area is 188 Å². The number of hydrogen-bond donors (Lipinski definition) is 2. The fourth-order valence-corrected chi connectivity index (χ4v) is 4.46. The van der Waals surface area contributed by atoms with Gasteiger partial charge in [-0.25, -0.2) is 8.78 Å². The van der Waals surface area contributed by atoms with Gasteiger partial charge in [-0.1, -0.05) is 18.2 Å². The van der Waals surface area contributed by atoms with Crippen molar-refractivity contribution in [1.29, 1.82) is 0 Å². The Hall–Kier alpha value is -2.54. The van der Waals surface area contributed by atoms with Crippen LogP contribution in [0.25, 0.3) is 0 Å². The Morgan fingerprint density at radius 1 is 1.25 bits per heavy atom. The molecule has 1 aliphatic carbocycles. The van der Waals surface area contributed by atoms with Crippen molar-refractivity contribution in [1.82, 2.24) is 15.2 Å². The molecule has 0 spiro atoms. The van der Waals surface area contributed by atoms with Gasteiger partial charge in [0, 0.05) is 42.7 Å². The first-order chi connectivity index (χ1) is 15.0. The molecule has 2 aromatic rings. The van der Waals surface area contributed by atoms with Gasteiger partial charge in [-0.15, -0.1) is 0 Å². The van der Waals surface area contributed by atoms with Crippen LogP contribution in [0, 0.1) is 12.3 Å². The fraction of sp³-hybridized carbons (Fsp3) is 0.520. The van der Waals surface area contributed by atoms with Crippen molar-refractivity contribution in [2.45, 2.75) is 57.4 Å². The maximum Gasteiger partial charge on any atom is 0.251 e. The van der Waals surface area contributed by atoms with Crippen molar-refractivity contribution in [2.75, 3.05) is 20.6 Å². The number of phenols is 1. The number of aromatic nitrogens is 1. The van der Waals surface area contributed by atoms with Gasteiger partial charge in [-0.3, -0.25) is 9.78 Å². The van der Waals surface area contributed by atoms with E-state index in [1.165, 1.54) is 0 Å². The molecular formula is C25H33F2N3O2. The summed E-state index contributed by atoms with van der Waals surface area (Å²) in [6.07, 6.45) is 4.82. The lowest BCUT2D eigenvalue weighted by Gasteiger charge is -2.32. The second kappa shape index (κ2) is 9.53. The number of benzene rings is 1. The fourth-order valence-electron chi connectivity index (χ4n) is 4.46. The topological polar surface area (TPSA) is 65.5 Å². The zero-order valence-corrected chi connectivity index (χ0v) is 19.2. The van der Waals surface area contributed by atoms with Crippen molar-refractivity contribution in [3.05, 3.63) is 59.4 Å². The molecule has 1 aliphatic rings. The number of carbonyl (C=O) groups is 1. The number of alkyl halides is 2. The van der Waals surface area contributed by atoms with E-state index in [1.807, 2.05) is 44.1 Å². The molecule has 1 aromatic heterocycles. The van der Waals surface area contributed by atoms with E-state index in [1.54, 1.807) is 24.5 Å². The molecule has 174 valence electrons. The quantitative estimate of drug-likeness (QED) is 0.573. The first kappa shape index (κ1) is 24.1. The third-order valence-corrected chi connectivity index (χ3v) is 6.69. The van der Waals surface area contributed by atoms with Crippen LogP contribution in [0.15, 0.2) is 42.7 Å². The average molecular weight is 446 g/mol. The SMILES string of the molecule is Cc1cncc([C@@H](CC(=O)NC[C@H](Cc2ccc(O)cc2)N(C)C)C2(C(C)(F)F)CC2)c1. The van der Waals surface area contributed by atoms with Crippen LogP contribution in [0.3, 0.4) is 0 Å². The maximum atomic E-state index is 14.6. The van der Waals surface area contributed by atoms with E-state index in [0.29, 0.717) is 31.4 Å². The molecule has 3 rings (SSSR count). The highest BCUT2D eigenvalue weighted by molar-refractivity contribution is 5.77. The lowest BCUT2D eigenvalue weighted by atomic mass is 9.77. The van der Waals surface area contributed by atoms with Crippen molar-refractivity contribution < 1.29 is 18.7 Å². The van der Waals surface area contributed by atoms with Crippen molar-refractivity contribution in [3.63, 3.8) is 0 Å². The van der Waals surface area contributed by atoms with Gasteiger partial charge >= 0.3 is 0 Å². The summed E-state index contributed by atoms with van der Waals surface area (Å²) in [5, 5.41) is 12.4. The Morgan fingerprint density at radius 3 is 2.44 bits per heavy atom. The summed E-state index contributed by atoms with van der Waals surface area (Å²) in [5.74, 6) is -3.47. The van der Waals surface area contributed by atoms with E-state index >= 15 is 0 Å². The van der Waals surface area contributed by atoms with Gasteiger partial charge in [-0.2, -0.15) is 0 Å². The van der Waals surface area contributed by atoms with E-state index in [-0.39, 0.29) is 24.1 Å². The van der Waals surface area contributed by atoms with Crippen LogP contribution in [-0.4, -0.2) is 53.5 Å². The highest BCUT2D eigenvalue weighted by atomic mass is 19.3. The second-order valence-electron chi connectivity index (χ2n) is 9.39. The summed E-state index contributed by atoms with van der Waals surface area (Å²) >= 11 is 0. The smallest absolute Gasteiger partial charge is 0.251 e. The Balaban J connectivity index is 1.70.